The van der Waals surface area contributed by atoms with Crippen molar-refractivity contribution in [3.8, 4) is 0 Å². The third kappa shape index (κ3) is 4.39. The van der Waals surface area contributed by atoms with E-state index in [9.17, 15) is 9.18 Å². The van der Waals surface area contributed by atoms with E-state index >= 15 is 0 Å². The second-order valence-electron chi connectivity index (χ2n) is 5.16. The van der Waals surface area contributed by atoms with Crippen LogP contribution in [0.15, 0.2) is 46.9 Å². The van der Waals surface area contributed by atoms with Crippen molar-refractivity contribution in [2.24, 2.45) is 0 Å². The molecule has 0 saturated heterocycles. The maximum Gasteiger partial charge on any atom is 0.251 e. The van der Waals surface area contributed by atoms with Crippen LogP contribution in [-0.2, 0) is 6.42 Å². The lowest BCUT2D eigenvalue weighted by Crippen LogP contribution is -2.34. The van der Waals surface area contributed by atoms with Gasteiger partial charge in [0.15, 0.2) is 0 Å². The Labute approximate surface area is 132 Å². The third-order valence-electron chi connectivity index (χ3n) is 3.28. The summed E-state index contributed by atoms with van der Waals surface area (Å²) in [5.74, 6) is -0.344. The van der Waals surface area contributed by atoms with Crippen molar-refractivity contribution in [2.45, 2.75) is 26.3 Å². The molecule has 0 aliphatic carbocycles. The summed E-state index contributed by atoms with van der Waals surface area (Å²) in [6.07, 6.45) is 0.666. The summed E-state index contributed by atoms with van der Waals surface area (Å²) < 4.78 is 13.7. The molecule has 2 aromatic rings. The second-order valence-corrected chi connectivity index (χ2v) is 6.08. The van der Waals surface area contributed by atoms with E-state index in [1.165, 1.54) is 12.1 Å². The van der Waals surface area contributed by atoms with Gasteiger partial charge in [-0.3, -0.25) is 4.79 Å². The maximum atomic E-state index is 12.9. The molecule has 1 N–H and O–H groups in total. The number of hydrogen-bond donors (Lipinski definition) is 1. The average molecular weight is 350 g/mol. The minimum atomic E-state index is -0.250. The van der Waals surface area contributed by atoms with Crippen LogP contribution >= 0.6 is 15.9 Å². The predicted octanol–water partition coefficient (Wildman–Crippen LogP) is 4.26. The molecule has 4 heteroatoms. The molecule has 0 fully saturated rings. The summed E-state index contributed by atoms with van der Waals surface area (Å²) >= 11 is 3.38. The Bertz CT molecular complexity index is 640. The molecular weight excluding hydrogens is 333 g/mol. The van der Waals surface area contributed by atoms with Crippen LogP contribution in [0.1, 0.15) is 28.4 Å². The molecule has 0 bridgehead atoms. The summed E-state index contributed by atoms with van der Waals surface area (Å²) in [4.78, 5) is 12.3. The number of halogens is 2. The second kappa shape index (κ2) is 6.85. The summed E-state index contributed by atoms with van der Waals surface area (Å²) in [7, 11) is 0. The Hall–Kier alpha value is -1.68. The van der Waals surface area contributed by atoms with Crippen molar-refractivity contribution in [2.75, 3.05) is 0 Å². The fourth-order valence-corrected chi connectivity index (χ4v) is 2.53. The SMILES string of the molecule is Cc1ccc(Br)cc1C(=O)NC(C)Cc1ccc(F)cc1. The van der Waals surface area contributed by atoms with Crippen molar-refractivity contribution in [1.82, 2.24) is 5.32 Å². The Morgan fingerprint density at radius 2 is 1.90 bits per heavy atom. The topological polar surface area (TPSA) is 29.1 Å². The van der Waals surface area contributed by atoms with Crippen molar-refractivity contribution < 1.29 is 9.18 Å². The zero-order valence-electron chi connectivity index (χ0n) is 12.0. The van der Waals surface area contributed by atoms with Gasteiger partial charge in [0, 0.05) is 16.1 Å². The number of carbonyl (C=O) groups excluding carboxylic acids is 1. The molecule has 21 heavy (non-hydrogen) atoms. The van der Waals surface area contributed by atoms with Crippen molar-refractivity contribution >= 4 is 21.8 Å². The number of rotatable bonds is 4. The monoisotopic (exact) mass is 349 g/mol. The van der Waals surface area contributed by atoms with Crippen LogP contribution in [0.3, 0.4) is 0 Å². The lowest BCUT2D eigenvalue weighted by atomic mass is 10.1. The molecule has 0 radical (unpaired) electrons. The molecule has 0 aromatic heterocycles. The molecule has 2 aromatic carbocycles. The van der Waals surface area contributed by atoms with E-state index in [0.717, 1.165) is 15.6 Å². The predicted molar refractivity (Wildman–Crippen MR) is 85.9 cm³/mol. The van der Waals surface area contributed by atoms with Gasteiger partial charge in [-0.15, -0.1) is 0 Å². The Morgan fingerprint density at radius 3 is 2.57 bits per heavy atom. The molecule has 0 spiro atoms. The highest BCUT2D eigenvalue weighted by Crippen LogP contribution is 2.16. The molecular formula is C17H17BrFNO. The van der Waals surface area contributed by atoms with Gasteiger partial charge in [0.1, 0.15) is 5.82 Å². The maximum absolute atomic E-state index is 12.9. The van der Waals surface area contributed by atoms with Crippen LogP contribution in [0, 0.1) is 12.7 Å². The fraction of sp³-hybridized carbons (Fsp3) is 0.235. The highest BCUT2D eigenvalue weighted by atomic mass is 79.9. The molecule has 1 unspecified atom stereocenters. The smallest absolute Gasteiger partial charge is 0.251 e. The van der Waals surface area contributed by atoms with Crippen LogP contribution in [0.5, 0.6) is 0 Å². The largest absolute Gasteiger partial charge is 0.349 e. The molecule has 0 aliphatic heterocycles. The summed E-state index contributed by atoms with van der Waals surface area (Å²) in [5, 5.41) is 2.97. The summed E-state index contributed by atoms with van der Waals surface area (Å²) in [6.45, 7) is 3.85. The zero-order chi connectivity index (χ0) is 15.4. The van der Waals surface area contributed by atoms with Crippen molar-refractivity contribution in [3.63, 3.8) is 0 Å². The normalized spacial score (nSPS) is 12.0. The number of nitrogens with one attached hydrogen (secondary N) is 1. The van der Waals surface area contributed by atoms with Gasteiger partial charge in [0.25, 0.3) is 5.91 Å². The Morgan fingerprint density at radius 1 is 1.24 bits per heavy atom. The van der Waals surface area contributed by atoms with Gasteiger partial charge in [0.2, 0.25) is 0 Å². The van der Waals surface area contributed by atoms with E-state index in [4.69, 9.17) is 0 Å². The van der Waals surface area contributed by atoms with Gasteiger partial charge >= 0.3 is 0 Å². The number of hydrogen-bond acceptors (Lipinski definition) is 1. The van der Waals surface area contributed by atoms with Gasteiger partial charge in [-0.2, -0.15) is 0 Å². The molecule has 0 saturated carbocycles. The number of benzene rings is 2. The zero-order valence-corrected chi connectivity index (χ0v) is 13.6. The fourth-order valence-electron chi connectivity index (χ4n) is 2.17. The van der Waals surface area contributed by atoms with E-state index in [-0.39, 0.29) is 17.8 Å². The van der Waals surface area contributed by atoms with Gasteiger partial charge in [0.05, 0.1) is 0 Å². The summed E-state index contributed by atoms with van der Waals surface area (Å²) in [5.41, 5.74) is 2.59. The van der Waals surface area contributed by atoms with E-state index in [1.54, 1.807) is 12.1 Å². The van der Waals surface area contributed by atoms with E-state index in [0.29, 0.717) is 12.0 Å². The first-order chi connectivity index (χ1) is 9.95. The Balaban J connectivity index is 2.01. The van der Waals surface area contributed by atoms with Crippen LogP contribution < -0.4 is 5.32 Å². The molecule has 0 aliphatic rings. The lowest BCUT2D eigenvalue weighted by molar-refractivity contribution is 0.0939. The van der Waals surface area contributed by atoms with E-state index in [1.807, 2.05) is 32.0 Å². The first-order valence-corrected chi connectivity index (χ1v) is 7.56. The van der Waals surface area contributed by atoms with E-state index < -0.39 is 0 Å². The Kier molecular flexibility index (Phi) is 5.12. The standard InChI is InChI=1S/C17H17BrFNO/c1-11-3-6-14(18)10-16(11)17(21)20-12(2)9-13-4-7-15(19)8-5-13/h3-8,10,12H,9H2,1-2H3,(H,20,21). The summed E-state index contributed by atoms with van der Waals surface area (Å²) in [6, 6.07) is 11.9. The number of carbonyl (C=O) groups is 1. The molecule has 110 valence electrons. The van der Waals surface area contributed by atoms with Gasteiger partial charge in [-0.25, -0.2) is 4.39 Å². The first-order valence-electron chi connectivity index (χ1n) is 6.77. The molecule has 1 amide bonds. The van der Waals surface area contributed by atoms with Crippen LogP contribution in [-0.4, -0.2) is 11.9 Å². The van der Waals surface area contributed by atoms with Crippen LogP contribution in [0.2, 0.25) is 0 Å². The third-order valence-corrected chi connectivity index (χ3v) is 3.77. The van der Waals surface area contributed by atoms with Crippen molar-refractivity contribution in [1.29, 1.82) is 0 Å². The van der Waals surface area contributed by atoms with Gasteiger partial charge < -0.3 is 5.32 Å². The van der Waals surface area contributed by atoms with E-state index in [2.05, 4.69) is 21.2 Å². The van der Waals surface area contributed by atoms with Crippen LogP contribution in [0.25, 0.3) is 0 Å². The highest BCUT2D eigenvalue weighted by Gasteiger charge is 2.13. The average Bonchev–Trinajstić information content (AvgIpc) is 2.44. The van der Waals surface area contributed by atoms with Gasteiger partial charge in [-0.05, 0) is 55.7 Å². The minimum Gasteiger partial charge on any atom is -0.349 e. The number of amides is 1. The molecule has 1 atom stereocenters. The molecule has 2 nitrogen and oxygen atoms in total. The van der Waals surface area contributed by atoms with Crippen molar-refractivity contribution in [3.05, 3.63) is 69.4 Å². The van der Waals surface area contributed by atoms with Gasteiger partial charge in [-0.1, -0.05) is 34.1 Å². The molecule has 0 heterocycles. The van der Waals surface area contributed by atoms with Crippen LogP contribution in [0.4, 0.5) is 4.39 Å². The lowest BCUT2D eigenvalue weighted by Gasteiger charge is -2.15. The minimum absolute atomic E-state index is 0.0265. The number of aryl methyl sites for hydroxylation is 1. The quantitative estimate of drug-likeness (QED) is 0.877. The molecule has 2 rings (SSSR count). The first kappa shape index (κ1) is 15.7. The highest BCUT2D eigenvalue weighted by molar-refractivity contribution is 9.10.